The molecule has 0 saturated heterocycles. The first kappa shape index (κ1) is 14.7. The molecule has 5 heteroatoms. The minimum atomic E-state index is -0.252. The molecule has 98 valence electrons. The summed E-state index contributed by atoms with van der Waals surface area (Å²) in [7, 11) is 0. The van der Waals surface area contributed by atoms with Crippen LogP contribution in [0.2, 0.25) is 0 Å². The molecule has 4 nitrogen and oxygen atoms in total. The van der Waals surface area contributed by atoms with E-state index in [1.165, 1.54) is 0 Å². The van der Waals surface area contributed by atoms with Gasteiger partial charge in [0.15, 0.2) is 0 Å². The molecule has 0 bridgehead atoms. The van der Waals surface area contributed by atoms with E-state index in [9.17, 15) is 5.11 Å². The van der Waals surface area contributed by atoms with E-state index in [0.717, 1.165) is 41.8 Å². The quantitative estimate of drug-likeness (QED) is 0.812. The van der Waals surface area contributed by atoms with Crippen molar-refractivity contribution >= 4 is 15.9 Å². The van der Waals surface area contributed by atoms with Crippen molar-refractivity contribution in [1.82, 2.24) is 15.1 Å². The fraction of sp³-hybridized carbons (Fsp3) is 0.750. The Kier molecular flexibility index (Phi) is 6.16. The molecule has 0 aliphatic carbocycles. The Morgan fingerprint density at radius 3 is 2.76 bits per heavy atom. The standard InChI is InChI=1S/C12H22BrN3O/c1-4-6-10(17)7-14-8-11-12(13)9(3)15-16(11)5-2/h10,14,17H,4-8H2,1-3H3. The van der Waals surface area contributed by atoms with Crippen molar-refractivity contribution in [1.29, 1.82) is 0 Å². The molecule has 0 radical (unpaired) electrons. The number of hydrogen-bond donors (Lipinski definition) is 2. The van der Waals surface area contributed by atoms with E-state index in [-0.39, 0.29) is 6.10 Å². The molecule has 1 aromatic heterocycles. The van der Waals surface area contributed by atoms with Gasteiger partial charge in [-0.05, 0) is 36.2 Å². The Morgan fingerprint density at radius 2 is 2.18 bits per heavy atom. The molecule has 2 N–H and O–H groups in total. The fourth-order valence-corrected chi connectivity index (χ4v) is 2.25. The number of rotatable bonds is 7. The lowest BCUT2D eigenvalue weighted by Crippen LogP contribution is -2.27. The molecule has 0 amide bonds. The van der Waals surface area contributed by atoms with Crippen molar-refractivity contribution in [2.75, 3.05) is 6.54 Å². The summed E-state index contributed by atoms with van der Waals surface area (Å²) >= 11 is 3.55. The third-order valence-electron chi connectivity index (χ3n) is 2.75. The molecule has 0 aliphatic heterocycles. The molecule has 17 heavy (non-hydrogen) atoms. The summed E-state index contributed by atoms with van der Waals surface area (Å²) in [5.74, 6) is 0. The van der Waals surface area contributed by atoms with E-state index < -0.39 is 0 Å². The first-order valence-electron chi connectivity index (χ1n) is 6.20. The van der Waals surface area contributed by atoms with Gasteiger partial charge >= 0.3 is 0 Å². The summed E-state index contributed by atoms with van der Waals surface area (Å²) in [5, 5.41) is 17.3. The molecule has 1 atom stereocenters. The van der Waals surface area contributed by atoms with Gasteiger partial charge in [0, 0.05) is 19.6 Å². The van der Waals surface area contributed by atoms with Gasteiger partial charge in [0.05, 0.1) is 22.0 Å². The Morgan fingerprint density at radius 1 is 1.47 bits per heavy atom. The molecule has 1 unspecified atom stereocenters. The highest BCUT2D eigenvalue weighted by Crippen LogP contribution is 2.20. The Labute approximate surface area is 112 Å². The van der Waals surface area contributed by atoms with E-state index in [2.05, 4.69) is 40.2 Å². The Hall–Kier alpha value is -0.390. The van der Waals surface area contributed by atoms with Gasteiger partial charge in [-0.2, -0.15) is 5.10 Å². The van der Waals surface area contributed by atoms with Crippen molar-refractivity contribution in [3.05, 3.63) is 15.9 Å². The van der Waals surface area contributed by atoms with Crippen LogP contribution in [0.4, 0.5) is 0 Å². The van der Waals surface area contributed by atoms with Gasteiger partial charge in [0.25, 0.3) is 0 Å². The monoisotopic (exact) mass is 303 g/mol. The minimum absolute atomic E-state index is 0.252. The van der Waals surface area contributed by atoms with Gasteiger partial charge in [-0.15, -0.1) is 0 Å². The second-order valence-corrected chi connectivity index (χ2v) is 5.03. The van der Waals surface area contributed by atoms with Crippen LogP contribution in [0.15, 0.2) is 4.47 Å². The first-order chi connectivity index (χ1) is 8.10. The number of nitrogens with zero attached hydrogens (tertiary/aromatic N) is 2. The van der Waals surface area contributed by atoms with Crippen LogP contribution in [0.5, 0.6) is 0 Å². The van der Waals surface area contributed by atoms with Crippen molar-refractivity contribution in [2.45, 2.75) is 52.8 Å². The number of nitrogens with one attached hydrogen (secondary N) is 1. The van der Waals surface area contributed by atoms with Crippen molar-refractivity contribution in [3.63, 3.8) is 0 Å². The van der Waals surface area contributed by atoms with Crippen LogP contribution in [-0.2, 0) is 13.1 Å². The van der Waals surface area contributed by atoms with Crippen LogP contribution in [0.3, 0.4) is 0 Å². The van der Waals surface area contributed by atoms with E-state index >= 15 is 0 Å². The van der Waals surface area contributed by atoms with Gasteiger partial charge in [0.1, 0.15) is 0 Å². The summed E-state index contributed by atoms with van der Waals surface area (Å²) in [6.45, 7) is 8.38. The molecule has 0 fully saturated rings. The van der Waals surface area contributed by atoms with E-state index in [1.54, 1.807) is 0 Å². The smallest absolute Gasteiger partial charge is 0.0739 e. The maximum atomic E-state index is 9.63. The summed E-state index contributed by atoms with van der Waals surface area (Å²) in [6, 6.07) is 0. The lowest BCUT2D eigenvalue weighted by atomic mass is 10.2. The number of aliphatic hydroxyl groups excluding tert-OH is 1. The highest BCUT2D eigenvalue weighted by Gasteiger charge is 2.11. The molecule has 1 aromatic rings. The average molecular weight is 304 g/mol. The van der Waals surface area contributed by atoms with Crippen LogP contribution in [0, 0.1) is 6.92 Å². The predicted octanol–water partition coefficient (Wildman–Crippen LogP) is 2.22. The van der Waals surface area contributed by atoms with Crippen molar-refractivity contribution in [2.24, 2.45) is 0 Å². The number of halogens is 1. The van der Waals surface area contributed by atoms with E-state index in [4.69, 9.17) is 0 Å². The zero-order chi connectivity index (χ0) is 12.8. The topological polar surface area (TPSA) is 50.1 Å². The zero-order valence-electron chi connectivity index (χ0n) is 10.8. The van der Waals surface area contributed by atoms with Crippen LogP contribution < -0.4 is 5.32 Å². The molecule has 0 aromatic carbocycles. The highest BCUT2D eigenvalue weighted by molar-refractivity contribution is 9.10. The second kappa shape index (κ2) is 7.13. The largest absolute Gasteiger partial charge is 0.392 e. The minimum Gasteiger partial charge on any atom is -0.392 e. The predicted molar refractivity (Wildman–Crippen MR) is 73.0 cm³/mol. The maximum Gasteiger partial charge on any atom is 0.0739 e. The van der Waals surface area contributed by atoms with Crippen molar-refractivity contribution < 1.29 is 5.11 Å². The van der Waals surface area contributed by atoms with Gasteiger partial charge in [-0.25, -0.2) is 0 Å². The molecular formula is C12H22BrN3O. The summed E-state index contributed by atoms with van der Waals surface area (Å²) in [5.41, 5.74) is 2.16. The highest BCUT2D eigenvalue weighted by atomic mass is 79.9. The summed E-state index contributed by atoms with van der Waals surface area (Å²) in [4.78, 5) is 0. The maximum absolute atomic E-state index is 9.63. The molecule has 1 rings (SSSR count). The number of aryl methyl sites for hydroxylation is 2. The van der Waals surface area contributed by atoms with Crippen LogP contribution >= 0.6 is 15.9 Å². The molecular weight excluding hydrogens is 282 g/mol. The van der Waals surface area contributed by atoms with Gasteiger partial charge < -0.3 is 10.4 Å². The lowest BCUT2D eigenvalue weighted by Gasteiger charge is -2.11. The van der Waals surface area contributed by atoms with E-state index in [0.29, 0.717) is 6.54 Å². The molecule has 0 aliphatic rings. The van der Waals surface area contributed by atoms with Gasteiger partial charge in [0.2, 0.25) is 0 Å². The summed E-state index contributed by atoms with van der Waals surface area (Å²) in [6.07, 6.45) is 1.61. The summed E-state index contributed by atoms with van der Waals surface area (Å²) < 4.78 is 3.05. The molecule has 0 saturated carbocycles. The number of hydrogen-bond acceptors (Lipinski definition) is 3. The van der Waals surface area contributed by atoms with Gasteiger partial charge in [-0.3, -0.25) is 4.68 Å². The van der Waals surface area contributed by atoms with Crippen LogP contribution in [-0.4, -0.2) is 27.5 Å². The van der Waals surface area contributed by atoms with Crippen molar-refractivity contribution in [3.8, 4) is 0 Å². The average Bonchev–Trinajstić information content (AvgIpc) is 2.57. The number of aliphatic hydroxyl groups is 1. The SMILES string of the molecule is CCCC(O)CNCc1c(Br)c(C)nn1CC. The Bertz CT molecular complexity index is 352. The van der Waals surface area contributed by atoms with Gasteiger partial charge in [-0.1, -0.05) is 13.3 Å². The third kappa shape index (κ3) is 4.08. The third-order valence-corrected chi connectivity index (χ3v) is 3.78. The fourth-order valence-electron chi connectivity index (χ4n) is 1.83. The lowest BCUT2D eigenvalue weighted by molar-refractivity contribution is 0.160. The van der Waals surface area contributed by atoms with Crippen LogP contribution in [0.25, 0.3) is 0 Å². The molecule has 0 spiro atoms. The van der Waals surface area contributed by atoms with E-state index in [1.807, 2.05) is 11.6 Å². The van der Waals surface area contributed by atoms with Crippen LogP contribution in [0.1, 0.15) is 38.1 Å². The first-order valence-corrected chi connectivity index (χ1v) is 6.99. The normalized spacial score (nSPS) is 13.0. The number of aromatic nitrogens is 2. The molecule has 1 heterocycles. The second-order valence-electron chi connectivity index (χ2n) is 4.24. The Balaban J connectivity index is 2.51. The zero-order valence-corrected chi connectivity index (χ0v) is 12.4.